The number of hydrogen-bond donors (Lipinski definition) is 2. The van der Waals surface area contributed by atoms with E-state index in [0.717, 1.165) is 25.3 Å². The van der Waals surface area contributed by atoms with Crippen molar-refractivity contribution >= 4 is 11.9 Å². The predicted molar refractivity (Wildman–Crippen MR) is 107 cm³/mol. The normalized spacial score (nSPS) is 26.7. The molecule has 31 heavy (non-hydrogen) atoms. The van der Waals surface area contributed by atoms with Crippen LogP contribution in [0, 0.1) is 23.5 Å². The van der Waals surface area contributed by atoms with Crippen molar-refractivity contribution in [2.75, 3.05) is 13.1 Å². The third-order valence-electron chi connectivity index (χ3n) is 6.50. The molecule has 2 heterocycles. The standard InChI is InChI=1S/C22H25F2N3O4/c1-12-3-2-4-19(12)27-8-7-17(15(11-27)22(29)30)25-21(28)18-10-20(31-26-18)14-6-5-13(23)9-16(14)24/h5-6,9-10,12,15,17,19H,2-4,7-8,11H2,1H3,(H,25,28)(H,29,30)/t12-,15?,17?,19-/m1/s1. The van der Waals surface area contributed by atoms with Gasteiger partial charge in [0.25, 0.3) is 5.91 Å². The summed E-state index contributed by atoms with van der Waals surface area (Å²) in [6.45, 7) is 3.31. The lowest BCUT2D eigenvalue weighted by atomic mass is 9.89. The molecular weight excluding hydrogens is 408 g/mol. The fourth-order valence-electron chi connectivity index (χ4n) is 4.81. The van der Waals surface area contributed by atoms with Gasteiger partial charge in [0.05, 0.1) is 11.5 Å². The summed E-state index contributed by atoms with van der Waals surface area (Å²) in [4.78, 5) is 26.8. The fourth-order valence-corrected chi connectivity index (χ4v) is 4.81. The van der Waals surface area contributed by atoms with E-state index in [-0.39, 0.29) is 17.0 Å². The summed E-state index contributed by atoms with van der Waals surface area (Å²) in [5, 5.41) is 16.2. The number of aliphatic carboxylic acids is 1. The Balaban J connectivity index is 1.44. The number of piperidine rings is 1. The maximum absolute atomic E-state index is 14.0. The van der Waals surface area contributed by atoms with E-state index >= 15 is 0 Å². The number of nitrogens with zero attached hydrogens (tertiary/aromatic N) is 2. The van der Waals surface area contributed by atoms with Gasteiger partial charge in [0, 0.05) is 37.3 Å². The number of likely N-dealkylation sites (tertiary alicyclic amines) is 1. The molecule has 0 bridgehead atoms. The van der Waals surface area contributed by atoms with Crippen molar-refractivity contribution in [1.82, 2.24) is 15.4 Å². The van der Waals surface area contributed by atoms with Crippen molar-refractivity contribution < 1.29 is 28.0 Å². The number of carbonyl (C=O) groups is 2. The lowest BCUT2D eigenvalue weighted by Gasteiger charge is -2.41. The van der Waals surface area contributed by atoms with Crippen molar-refractivity contribution in [2.24, 2.45) is 11.8 Å². The van der Waals surface area contributed by atoms with E-state index in [9.17, 15) is 23.5 Å². The van der Waals surface area contributed by atoms with E-state index in [2.05, 4.69) is 22.3 Å². The highest BCUT2D eigenvalue weighted by molar-refractivity contribution is 5.93. The highest BCUT2D eigenvalue weighted by atomic mass is 19.1. The van der Waals surface area contributed by atoms with Gasteiger partial charge in [0.15, 0.2) is 11.5 Å². The first-order valence-electron chi connectivity index (χ1n) is 10.5. The molecule has 1 aromatic heterocycles. The van der Waals surface area contributed by atoms with Crippen LogP contribution in [0.4, 0.5) is 8.78 Å². The zero-order chi connectivity index (χ0) is 22.1. The van der Waals surface area contributed by atoms with Gasteiger partial charge in [-0.15, -0.1) is 0 Å². The lowest BCUT2D eigenvalue weighted by Crippen LogP contribution is -2.56. The van der Waals surface area contributed by atoms with Crippen LogP contribution in [0.1, 0.15) is 43.1 Å². The topological polar surface area (TPSA) is 95.7 Å². The van der Waals surface area contributed by atoms with E-state index in [1.807, 2.05) is 0 Å². The number of amides is 1. The number of carboxylic acids is 1. The molecular formula is C22H25F2N3O4. The second-order valence-corrected chi connectivity index (χ2v) is 8.48. The van der Waals surface area contributed by atoms with Gasteiger partial charge in [-0.05, 0) is 37.3 Å². The molecule has 1 aliphatic carbocycles. The summed E-state index contributed by atoms with van der Waals surface area (Å²) in [6, 6.07) is 4.11. The third kappa shape index (κ3) is 4.46. The van der Waals surface area contributed by atoms with Gasteiger partial charge in [0.2, 0.25) is 0 Å². The van der Waals surface area contributed by atoms with Gasteiger partial charge in [0.1, 0.15) is 11.6 Å². The number of carboxylic acid groups (broad SMARTS) is 1. The van der Waals surface area contributed by atoms with Crippen LogP contribution in [-0.4, -0.2) is 52.2 Å². The molecule has 7 nitrogen and oxygen atoms in total. The van der Waals surface area contributed by atoms with Gasteiger partial charge in [-0.25, -0.2) is 8.78 Å². The smallest absolute Gasteiger partial charge is 0.309 e. The maximum atomic E-state index is 14.0. The van der Waals surface area contributed by atoms with Crippen molar-refractivity contribution in [3.05, 3.63) is 41.6 Å². The molecule has 0 spiro atoms. The molecule has 166 valence electrons. The highest BCUT2D eigenvalue weighted by Crippen LogP contribution is 2.32. The van der Waals surface area contributed by atoms with Crippen LogP contribution in [0.15, 0.2) is 28.8 Å². The predicted octanol–water partition coefficient (Wildman–Crippen LogP) is 3.31. The number of aromatic nitrogens is 1. The van der Waals surface area contributed by atoms with Gasteiger partial charge in [-0.2, -0.15) is 0 Å². The second-order valence-electron chi connectivity index (χ2n) is 8.48. The van der Waals surface area contributed by atoms with Crippen LogP contribution in [0.2, 0.25) is 0 Å². The van der Waals surface area contributed by atoms with Crippen molar-refractivity contribution in [3.8, 4) is 11.3 Å². The van der Waals surface area contributed by atoms with Crippen molar-refractivity contribution in [1.29, 1.82) is 0 Å². The number of carbonyl (C=O) groups excluding carboxylic acids is 1. The van der Waals surface area contributed by atoms with E-state index in [1.54, 1.807) is 0 Å². The van der Waals surface area contributed by atoms with Crippen molar-refractivity contribution in [3.63, 3.8) is 0 Å². The number of hydrogen-bond acceptors (Lipinski definition) is 5. The largest absolute Gasteiger partial charge is 0.481 e. The maximum Gasteiger partial charge on any atom is 0.309 e. The van der Waals surface area contributed by atoms with Gasteiger partial charge < -0.3 is 14.9 Å². The minimum absolute atomic E-state index is 0.0116. The van der Waals surface area contributed by atoms with Crippen LogP contribution in [-0.2, 0) is 4.79 Å². The summed E-state index contributed by atoms with van der Waals surface area (Å²) < 4.78 is 32.1. The van der Waals surface area contributed by atoms with Gasteiger partial charge in [-0.3, -0.25) is 14.5 Å². The van der Waals surface area contributed by atoms with Crippen LogP contribution in [0.5, 0.6) is 0 Å². The van der Waals surface area contributed by atoms with Crippen LogP contribution >= 0.6 is 0 Å². The number of halogens is 2. The Hall–Kier alpha value is -2.81. The molecule has 1 aromatic carbocycles. The summed E-state index contributed by atoms with van der Waals surface area (Å²) in [5.74, 6) is -3.29. The number of rotatable bonds is 5. The summed E-state index contributed by atoms with van der Waals surface area (Å²) in [6.07, 6.45) is 3.90. The SMILES string of the molecule is C[C@@H]1CCC[C@H]1N1CCC(NC(=O)c2cc(-c3ccc(F)cc3F)on2)C(C(=O)O)C1. The van der Waals surface area contributed by atoms with E-state index in [1.165, 1.54) is 12.1 Å². The monoisotopic (exact) mass is 433 g/mol. The second kappa shape index (κ2) is 8.74. The van der Waals surface area contributed by atoms with E-state index in [4.69, 9.17) is 4.52 Å². The van der Waals surface area contributed by atoms with Crippen LogP contribution in [0.25, 0.3) is 11.3 Å². The van der Waals surface area contributed by atoms with E-state index in [0.29, 0.717) is 37.5 Å². The molecule has 0 radical (unpaired) electrons. The Bertz CT molecular complexity index is 979. The molecule has 4 rings (SSSR count). The molecule has 2 aromatic rings. The third-order valence-corrected chi connectivity index (χ3v) is 6.50. The molecule has 1 saturated heterocycles. The highest BCUT2D eigenvalue weighted by Gasteiger charge is 2.40. The molecule has 1 saturated carbocycles. The summed E-state index contributed by atoms with van der Waals surface area (Å²) >= 11 is 0. The molecule has 9 heteroatoms. The Morgan fingerprint density at radius 3 is 2.71 bits per heavy atom. The molecule has 2 unspecified atom stereocenters. The average molecular weight is 433 g/mol. The van der Waals surface area contributed by atoms with Crippen molar-refractivity contribution in [2.45, 2.75) is 44.7 Å². The first-order chi connectivity index (χ1) is 14.8. The molecule has 2 aliphatic rings. The summed E-state index contributed by atoms with van der Waals surface area (Å²) in [5.41, 5.74) is -0.106. The fraction of sp³-hybridized carbons (Fsp3) is 0.500. The van der Waals surface area contributed by atoms with E-state index < -0.39 is 35.5 Å². The lowest BCUT2D eigenvalue weighted by molar-refractivity contribution is -0.145. The number of benzene rings is 1. The van der Waals surface area contributed by atoms with Crippen LogP contribution < -0.4 is 5.32 Å². The minimum Gasteiger partial charge on any atom is -0.481 e. The van der Waals surface area contributed by atoms with Crippen LogP contribution in [0.3, 0.4) is 0 Å². The molecule has 2 fully saturated rings. The Labute approximate surface area is 178 Å². The minimum atomic E-state index is -0.949. The Morgan fingerprint density at radius 1 is 1.23 bits per heavy atom. The zero-order valence-electron chi connectivity index (χ0n) is 17.2. The van der Waals surface area contributed by atoms with Gasteiger partial charge >= 0.3 is 5.97 Å². The molecule has 1 amide bonds. The molecule has 1 aliphatic heterocycles. The Kier molecular flexibility index (Phi) is 6.04. The Morgan fingerprint density at radius 2 is 2.03 bits per heavy atom. The number of nitrogens with one attached hydrogen (secondary N) is 1. The quantitative estimate of drug-likeness (QED) is 0.751. The molecule has 4 atom stereocenters. The zero-order valence-corrected chi connectivity index (χ0v) is 17.2. The summed E-state index contributed by atoms with van der Waals surface area (Å²) in [7, 11) is 0. The average Bonchev–Trinajstić information content (AvgIpc) is 3.37. The molecule has 2 N–H and O–H groups in total. The van der Waals surface area contributed by atoms with Gasteiger partial charge in [-0.1, -0.05) is 18.5 Å². The first kappa shape index (κ1) is 21.4. The first-order valence-corrected chi connectivity index (χ1v) is 10.5.